The molecular formula is C11H20N4O2S. The fourth-order valence-corrected chi connectivity index (χ4v) is 3.02. The second kappa shape index (κ2) is 5.21. The molecule has 1 heterocycles. The molecule has 0 aliphatic rings. The van der Waals surface area contributed by atoms with Crippen LogP contribution in [0.4, 0.5) is 5.69 Å². The Morgan fingerprint density at radius 3 is 2.61 bits per heavy atom. The maximum atomic E-state index is 12.5. The summed E-state index contributed by atoms with van der Waals surface area (Å²) in [4.78, 5) is 3.92. The average molecular weight is 272 g/mol. The molecule has 0 aliphatic heterocycles. The van der Waals surface area contributed by atoms with Gasteiger partial charge < -0.3 is 5.43 Å². The van der Waals surface area contributed by atoms with E-state index in [1.807, 2.05) is 20.8 Å². The molecule has 0 saturated carbocycles. The number of hydrazine groups is 1. The molecule has 1 aromatic rings. The zero-order valence-corrected chi connectivity index (χ0v) is 12.0. The summed E-state index contributed by atoms with van der Waals surface area (Å²) >= 11 is 0. The molecular weight excluding hydrogens is 252 g/mol. The quantitative estimate of drug-likeness (QED) is 0.620. The van der Waals surface area contributed by atoms with Gasteiger partial charge in [0.25, 0.3) is 10.0 Å². The van der Waals surface area contributed by atoms with Crippen LogP contribution in [0.25, 0.3) is 0 Å². The highest BCUT2D eigenvalue weighted by Crippen LogP contribution is 2.27. The maximum Gasteiger partial charge on any atom is 0.262 e. The number of pyridine rings is 1. The van der Waals surface area contributed by atoms with Gasteiger partial charge in [-0.2, -0.15) is 4.31 Å². The third-order valence-corrected chi connectivity index (χ3v) is 5.28. The Bertz CT molecular complexity index is 514. The second-order valence-corrected chi connectivity index (χ2v) is 6.52. The first kappa shape index (κ1) is 14.9. The number of nitrogens with one attached hydrogen (secondary N) is 1. The van der Waals surface area contributed by atoms with Crippen molar-refractivity contribution in [3.63, 3.8) is 0 Å². The smallest absolute Gasteiger partial charge is 0.262 e. The normalized spacial score (nSPS) is 12.8. The minimum Gasteiger partial charge on any atom is -0.321 e. The summed E-state index contributed by atoms with van der Waals surface area (Å²) in [5, 5.41) is -0.0588. The highest BCUT2D eigenvalue weighted by atomic mass is 32.2. The van der Waals surface area contributed by atoms with Crippen molar-refractivity contribution < 1.29 is 8.42 Å². The molecule has 0 aromatic carbocycles. The second-order valence-electron chi connectivity index (χ2n) is 4.64. The van der Waals surface area contributed by atoms with Gasteiger partial charge in [0.15, 0.2) is 5.03 Å². The molecule has 3 N–H and O–H groups in total. The molecule has 0 bridgehead atoms. The first-order valence-electron chi connectivity index (χ1n) is 5.68. The molecule has 6 nitrogen and oxygen atoms in total. The van der Waals surface area contributed by atoms with Crippen molar-refractivity contribution in [1.29, 1.82) is 0 Å². The van der Waals surface area contributed by atoms with Crippen LogP contribution in [0.15, 0.2) is 23.4 Å². The summed E-state index contributed by atoms with van der Waals surface area (Å²) in [6, 6.07) is 3.20. The topological polar surface area (TPSA) is 88.3 Å². The lowest BCUT2D eigenvalue weighted by Gasteiger charge is -2.33. The van der Waals surface area contributed by atoms with Gasteiger partial charge in [-0.25, -0.2) is 13.4 Å². The van der Waals surface area contributed by atoms with E-state index < -0.39 is 15.6 Å². The SMILES string of the molecule is CCC(C)(C)N(C)S(=O)(=O)c1ncccc1NN. The number of aromatic nitrogens is 1. The van der Waals surface area contributed by atoms with Crippen LogP contribution in [-0.4, -0.2) is 30.3 Å². The van der Waals surface area contributed by atoms with E-state index in [9.17, 15) is 8.42 Å². The number of hydrogen-bond acceptors (Lipinski definition) is 5. The van der Waals surface area contributed by atoms with Crippen molar-refractivity contribution in [1.82, 2.24) is 9.29 Å². The maximum absolute atomic E-state index is 12.5. The van der Waals surface area contributed by atoms with Crippen molar-refractivity contribution in [3.8, 4) is 0 Å². The van der Waals surface area contributed by atoms with E-state index in [0.717, 1.165) is 0 Å². The Balaban J connectivity index is 3.30. The number of anilines is 1. The Hall–Kier alpha value is -1.18. The summed E-state index contributed by atoms with van der Waals surface area (Å²) < 4.78 is 26.3. The van der Waals surface area contributed by atoms with Crippen LogP contribution in [-0.2, 0) is 10.0 Å². The van der Waals surface area contributed by atoms with E-state index in [0.29, 0.717) is 6.42 Å². The molecule has 0 aliphatic carbocycles. The number of nitrogens with two attached hydrogens (primary N) is 1. The molecule has 102 valence electrons. The van der Waals surface area contributed by atoms with Crippen molar-refractivity contribution >= 4 is 15.7 Å². The first-order valence-corrected chi connectivity index (χ1v) is 7.12. The molecule has 0 spiro atoms. The van der Waals surface area contributed by atoms with Crippen molar-refractivity contribution in [3.05, 3.63) is 18.3 Å². The van der Waals surface area contributed by atoms with Crippen LogP contribution in [0.5, 0.6) is 0 Å². The molecule has 0 fully saturated rings. The molecule has 0 amide bonds. The molecule has 18 heavy (non-hydrogen) atoms. The van der Waals surface area contributed by atoms with Gasteiger partial charge >= 0.3 is 0 Å². The van der Waals surface area contributed by atoms with Gasteiger partial charge in [0, 0.05) is 18.8 Å². The Morgan fingerprint density at radius 1 is 1.50 bits per heavy atom. The van der Waals surface area contributed by atoms with Gasteiger partial charge in [-0.15, -0.1) is 0 Å². The number of sulfonamides is 1. The minimum atomic E-state index is -3.67. The predicted molar refractivity (Wildman–Crippen MR) is 71.4 cm³/mol. The third kappa shape index (κ3) is 2.63. The van der Waals surface area contributed by atoms with Crippen LogP contribution in [0, 0.1) is 0 Å². The number of hydrogen-bond donors (Lipinski definition) is 2. The average Bonchev–Trinajstić information content (AvgIpc) is 2.37. The summed E-state index contributed by atoms with van der Waals surface area (Å²) in [6.45, 7) is 5.67. The van der Waals surface area contributed by atoms with E-state index in [1.54, 1.807) is 19.2 Å². The molecule has 0 atom stereocenters. The van der Waals surface area contributed by atoms with E-state index in [2.05, 4.69) is 10.4 Å². The third-order valence-electron chi connectivity index (χ3n) is 3.25. The zero-order chi connectivity index (χ0) is 14.0. The van der Waals surface area contributed by atoms with Crippen LogP contribution < -0.4 is 11.3 Å². The van der Waals surface area contributed by atoms with Gasteiger partial charge in [0.2, 0.25) is 0 Å². The highest BCUT2D eigenvalue weighted by molar-refractivity contribution is 7.89. The van der Waals surface area contributed by atoms with Gasteiger partial charge in [0.1, 0.15) is 0 Å². The lowest BCUT2D eigenvalue weighted by Crippen LogP contribution is -2.44. The van der Waals surface area contributed by atoms with E-state index in [1.165, 1.54) is 10.5 Å². The summed E-state index contributed by atoms with van der Waals surface area (Å²) in [7, 11) is -2.12. The molecule has 0 radical (unpaired) electrons. The molecule has 1 aromatic heterocycles. The molecule has 7 heteroatoms. The first-order chi connectivity index (χ1) is 8.27. The van der Waals surface area contributed by atoms with Crippen LogP contribution >= 0.6 is 0 Å². The van der Waals surface area contributed by atoms with Crippen LogP contribution in [0.3, 0.4) is 0 Å². The number of nitrogen functional groups attached to an aromatic ring is 1. The Kier molecular flexibility index (Phi) is 4.31. The lowest BCUT2D eigenvalue weighted by atomic mass is 10.0. The Morgan fingerprint density at radius 2 is 2.11 bits per heavy atom. The minimum absolute atomic E-state index is 0.0588. The van der Waals surface area contributed by atoms with E-state index in [-0.39, 0.29) is 10.7 Å². The molecule has 0 unspecified atom stereocenters. The predicted octanol–water partition coefficient (Wildman–Crippen LogP) is 1.18. The van der Waals surface area contributed by atoms with Gasteiger partial charge in [0.05, 0.1) is 5.69 Å². The van der Waals surface area contributed by atoms with Gasteiger partial charge in [-0.1, -0.05) is 6.92 Å². The summed E-state index contributed by atoms with van der Waals surface area (Å²) in [6.07, 6.45) is 2.13. The van der Waals surface area contributed by atoms with Crippen LogP contribution in [0.2, 0.25) is 0 Å². The summed E-state index contributed by atoms with van der Waals surface area (Å²) in [5.74, 6) is 5.32. The van der Waals surface area contributed by atoms with E-state index >= 15 is 0 Å². The molecule has 1 rings (SSSR count). The fourth-order valence-electron chi connectivity index (χ4n) is 1.38. The number of rotatable bonds is 5. The zero-order valence-electron chi connectivity index (χ0n) is 11.1. The van der Waals surface area contributed by atoms with Crippen molar-refractivity contribution in [2.45, 2.75) is 37.8 Å². The van der Waals surface area contributed by atoms with E-state index in [4.69, 9.17) is 5.84 Å². The fraction of sp³-hybridized carbons (Fsp3) is 0.545. The van der Waals surface area contributed by atoms with Gasteiger partial charge in [-0.3, -0.25) is 5.84 Å². The molecule has 0 saturated heterocycles. The largest absolute Gasteiger partial charge is 0.321 e. The summed E-state index contributed by atoms with van der Waals surface area (Å²) in [5.41, 5.74) is 2.16. The van der Waals surface area contributed by atoms with Crippen LogP contribution in [0.1, 0.15) is 27.2 Å². The van der Waals surface area contributed by atoms with Crippen molar-refractivity contribution in [2.75, 3.05) is 12.5 Å². The number of nitrogens with zero attached hydrogens (tertiary/aromatic N) is 2. The Labute approximate surface area is 108 Å². The van der Waals surface area contributed by atoms with Gasteiger partial charge in [-0.05, 0) is 32.4 Å². The highest BCUT2D eigenvalue weighted by Gasteiger charge is 2.34. The van der Waals surface area contributed by atoms with Crippen molar-refractivity contribution in [2.24, 2.45) is 5.84 Å². The standard InChI is InChI=1S/C11H20N4O2S/c1-5-11(2,3)15(4)18(16,17)10-9(14-12)7-6-8-13-10/h6-8,14H,5,12H2,1-4H3. The lowest BCUT2D eigenvalue weighted by molar-refractivity contribution is 0.256. The monoisotopic (exact) mass is 272 g/mol.